The largest absolute Gasteiger partial charge is 0.394 e. The van der Waals surface area contributed by atoms with Gasteiger partial charge in [0, 0.05) is 6.42 Å². The molecule has 0 saturated heterocycles. The van der Waals surface area contributed by atoms with Gasteiger partial charge in [0.25, 0.3) is 0 Å². The first-order chi connectivity index (χ1) is 27.7. The normalized spacial score (nSPS) is 14.3. The van der Waals surface area contributed by atoms with Crippen LogP contribution in [-0.4, -0.2) is 34.9 Å². The molecule has 4 nitrogen and oxygen atoms in total. The number of amides is 1. The van der Waals surface area contributed by atoms with Gasteiger partial charge in [-0.25, -0.2) is 0 Å². The fourth-order valence-corrected chi connectivity index (χ4v) is 5.73. The summed E-state index contributed by atoms with van der Waals surface area (Å²) in [4.78, 5) is 12.3. The van der Waals surface area contributed by atoms with E-state index in [2.05, 4.69) is 141 Å². The second-order valence-electron chi connectivity index (χ2n) is 14.4. The Morgan fingerprint density at radius 1 is 0.446 bits per heavy atom. The van der Waals surface area contributed by atoms with Gasteiger partial charge in [0.2, 0.25) is 5.91 Å². The molecule has 0 aromatic heterocycles. The van der Waals surface area contributed by atoms with Crippen LogP contribution in [0.4, 0.5) is 0 Å². The SMILES string of the molecule is CC/C=C\C/C=C\C/C=C\C/C=C\C/C=C\C/C=C\C/C=C\C/C=C\C/C=C\C/C=C\CCCCCCC(=O)NC(CO)C(O)/C=C/CCCCCCCCC. The van der Waals surface area contributed by atoms with Crippen LogP contribution in [0.3, 0.4) is 0 Å². The third-order valence-corrected chi connectivity index (χ3v) is 9.14. The van der Waals surface area contributed by atoms with E-state index in [9.17, 15) is 15.0 Å². The van der Waals surface area contributed by atoms with Crippen LogP contribution in [0.5, 0.6) is 0 Å². The molecule has 314 valence electrons. The lowest BCUT2D eigenvalue weighted by atomic mass is 10.1. The first-order valence-electron chi connectivity index (χ1n) is 22.4. The lowest BCUT2D eigenvalue weighted by molar-refractivity contribution is -0.123. The van der Waals surface area contributed by atoms with Crippen LogP contribution in [0.2, 0.25) is 0 Å². The van der Waals surface area contributed by atoms with E-state index in [-0.39, 0.29) is 12.5 Å². The van der Waals surface area contributed by atoms with Crippen molar-refractivity contribution in [2.24, 2.45) is 0 Å². The molecule has 0 bridgehead atoms. The topological polar surface area (TPSA) is 69.6 Å². The summed E-state index contributed by atoms with van der Waals surface area (Å²) in [5.74, 6) is -0.0987. The highest BCUT2D eigenvalue weighted by molar-refractivity contribution is 5.76. The smallest absolute Gasteiger partial charge is 0.220 e. The van der Waals surface area contributed by atoms with E-state index in [4.69, 9.17) is 0 Å². The predicted molar refractivity (Wildman–Crippen MR) is 248 cm³/mol. The van der Waals surface area contributed by atoms with Gasteiger partial charge in [0.05, 0.1) is 18.8 Å². The summed E-state index contributed by atoms with van der Waals surface area (Å²) >= 11 is 0. The molecule has 0 saturated carbocycles. The Bertz CT molecular complexity index is 1190. The van der Waals surface area contributed by atoms with Crippen molar-refractivity contribution in [2.75, 3.05) is 6.61 Å². The van der Waals surface area contributed by atoms with E-state index < -0.39 is 12.1 Å². The van der Waals surface area contributed by atoms with Crippen LogP contribution in [0.15, 0.2) is 134 Å². The summed E-state index contributed by atoms with van der Waals surface area (Å²) < 4.78 is 0. The summed E-state index contributed by atoms with van der Waals surface area (Å²) in [6.45, 7) is 4.13. The monoisotopic (exact) mass is 770 g/mol. The zero-order valence-electron chi connectivity index (χ0n) is 35.8. The van der Waals surface area contributed by atoms with E-state index in [1.807, 2.05) is 6.08 Å². The van der Waals surface area contributed by atoms with Crippen LogP contribution in [0.25, 0.3) is 0 Å². The summed E-state index contributed by atoms with van der Waals surface area (Å²) in [6.07, 6.45) is 72.8. The number of aliphatic hydroxyl groups excluding tert-OH is 2. The zero-order chi connectivity index (χ0) is 40.7. The molecule has 0 spiro atoms. The van der Waals surface area contributed by atoms with Crippen molar-refractivity contribution in [2.45, 2.75) is 180 Å². The fourth-order valence-electron chi connectivity index (χ4n) is 5.73. The zero-order valence-corrected chi connectivity index (χ0v) is 35.8. The molecule has 2 unspecified atom stereocenters. The number of aliphatic hydroxyl groups is 2. The maximum Gasteiger partial charge on any atom is 0.220 e. The second-order valence-corrected chi connectivity index (χ2v) is 14.4. The number of rotatable bonds is 38. The number of carbonyl (C=O) groups is 1. The van der Waals surface area contributed by atoms with Gasteiger partial charge in [0.15, 0.2) is 0 Å². The van der Waals surface area contributed by atoms with Crippen LogP contribution >= 0.6 is 0 Å². The van der Waals surface area contributed by atoms with Gasteiger partial charge in [-0.1, -0.05) is 199 Å². The molecule has 0 radical (unpaired) electrons. The van der Waals surface area contributed by atoms with E-state index in [0.717, 1.165) is 109 Å². The lowest BCUT2D eigenvalue weighted by Gasteiger charge is -2.20. The number of carbonyl (C=O) groups excluding carboxylic acids is 1. The van der Waals surface area contributed by atoms with Gasteiger partial charge >= 0.3 is 0 Å². The molecule has 0 aromatic carbocycles. The van der Waals surface area contributed by atoms with E-state index in [1.54, 1.807) is 6.08 Å². The molecule has 56 heavy (non-hydrogen) atoms. The minimum Gasteiger partial charge on any atom is -0.394 e. The summed E-state index contributed by atoms with van der Waals surface area (Å²) in [7, 11) is 0. The molecule has 0 rings (SSSR count). The summed E-state index contributed by atoms with van der Waals surface area (Å²) in [5.41, 5.74) is 0. The quantitative estimate of drug-likeness (QED) is 0.0433. The van der Waals surface area contributed by atoms with Gasteiger partial charge in [-0.15, -0.1) is 0 Å². The molecule has 0 fully saturated rings. The number of allylic oxidation sites excluding steroid dienone is 21. The van der Waals surface area contributed by atoms with Gasteiger partial charge in [0.1, 0.15) is 0 Å². The highest BCUT2D eigenvalue weighted by Gasteiger charge is 2.17. The van der Waals surface area contributed by atoms with Gasteiger partial charge in [-0.2, -0.15) is 0 Å². The number of hydrogen-bond donors (Lipinski definition) is 3. The third-order valence-electron chi connectivity index (χ3n) is 9.14. The maximum absolute atomic E-state index is 12.3. The third kappa shape index (κ3) is 41.7. The Kier molecular flexibility index (Phi) is 43.1. The average molecular weight is 770 g/mol. The fraction of sp³-hybridized carbons (Fsp3) is 0.558. The maximum atomic E-state index is 12.3. The Morgan fingerprint density at radius 2 is 0.786 bits per heavy atom. The van der Waals surface area contributed by atoms with Crippen molar-refractivity contribution >= 4 is 5.91 Å². The van der Waals surface area contributed by atoms with Crippen LogP contribution in [0.1, 0.15) is 168 Å². The van der Waals surface area contributed by atoms with Crippen molar-refractivity contribution in [3.05, 3.63) is 134 Å². The number of unbranched alkanes of at least 4 members (excludes halogenated alkanes) is 11. The molecule has 4 heteroatoms. The molecular formula is C52H83NO3. The minimum absolute atomic E-state index is 0.0987. The van der Waals surface area contributed by atoms with Crippen LogP contribution in [-0.2, 0) is 4.79 Å². The van der Waals surface area contributed by atoms with Crippen molar-refractivity contribution in [1.29, 1.82) is 0 Å². The van der Waals surface area contributed by atoms with Gasteiger partial charge < -0.3 is 15.5 Å². The highest BCUT2D eigenvalue weighted by Crippen LogP contribution is 2.10. The molecule has 0 heterocycles. The molecule has 1 amide bonds. The van der Waals surface area contributed by atoms with E-state index in [0.29, 0.717) is 6.42 Å². The number of nitrogens with one attached hydrogen (secondary N) is 1. The Balaban J connectivity index is 3.73. The predicted octanol–water partition coefficient (Wildman–Crippen LogP) is 14.3. The highest BCUT2D eigenvalue weighted by atomic mass is 16.3. The Morgan fingerprint density at radius 3 is 1.18 bits per heavy atom. The molecule has 0 aliphatic carbocycles. The first kappa shape index (κ1) is 52.5. The van der Waals surface area contributed by atoms with Crippen molar-refractivity contribution < 1.29 is 15.0 Å². The molecule has 0 aliphatic heterocycles. The standard InChI is InChI=1S/C52H83NO3/c1-3-5-7-9-11-13-14-15-16-17-18-19-20-21-22-23-24-25-26-27-28-29-30-31-32-33-34-35-36-37-38-40-42-44-46-48-52(56)53-50(49-54)51(55)47-45-43-41-39-12-10-8-6-4-2/h5,7,11,13,15-16,18-19,21-22,24-25,27-28,30-31,33-34,36-37,45,47,50-51,54-55H,3-4,6,8-10,12,14,17,20,23,26,29,32,35,38-44,46,48-49H2,1-2H3,(H,53,56)/b7-5-,13-11-,16-15-,19-18-,22-21-,25-24-,28-27-,31-30-,34-33-,37-36-,47-45+. The van der Waals surface area contributed by atoms with Gasteiger partial charge in [-0.3, -0.25) is 4.79 Å². The molecule has 0 aromatic rings. The minimum atomic E-state index is -0.857. The van der Waals surface area contributed by atoms with E-state index >= 15 is 0 Å². The van der Waals surface area contributed by atoms with Gasteiger partial charge in [-0.05, 0) is 96.3 Å². The summed E-state index contributed by atoms with van der Waals surface area (Å²) in [5, 5.41) is 22.8. The molecule has 0 aliphatic rings. The molecular weight excluding hydrogens is 687 g/mol. The van der Waals surface area contributed by atoms with Crippen molar-refractivity contribution in [1.82, 2.24) is 5.32 Å². The van der Waals surface area contributed by atoms with E-state index in [1.165, 1.54) is 38.5 Å². The van der Waals surface area contributed by atoms with Crippen LogP contribution in [0, 0.1) is 0 Å². The molecule has 2 atom stereocenters. The molecule has 3 N–H and O–H groups in total. The summed E-state index contributed by atoms with van der Waals surface area (Å²) in [6, 6.07) is -0.643. The second kappa shape index (κ2) is 45.9. The van der Waals surface area contributed by atoms with Crippen LogP contribution < -0.4 is 5.32 Å². The van der Waals surface area contributed by atoms with Crippen molar-refractivity contribution in [3.8, 4) is 0 Å². The lowest BCUT2D eigenvalue weighted by Crippen LogP contribution is -2.45. The first-order valence-corrected chi connectivity index (χ1v) is 22.4. The average Bonchev–Trinajstić information content (AvgIpc) is 3.20. The number of hydrogen-bond acceptors (Lipinski definition) is 3. The Hall–Kier alpha value is -3.47. The van der Waals surface area contributed by atoms with Crippen molar-refractivity contribution in [3.63, 3.8) is 0 Å². The Labute approximate surface area is 345 Å².